The molecule has 3 rings (SSSR count). The fraction of sp³-hybridized carbons (Fsp3) is 0.211. The summed E-state index contributed by atoms with van der Waals surface area (Å²) in [6.45, 7) is 3.98. The van der Waals surface area contributed by atoms with Gasteiger partial charge in [0.05, 0.1) is 16.7 Å². The number of benzene rings is 1. The smallest absolute Gasteiger partial charge is 0.251 e. The Bertz CT molecular complexity index is 831. The zero-order chi connectivity index (χ0) is 17.6. The number of nitrogens with zero attached hydrogens (tertiary/aromatic N) is 2. The summed E-state index contributed by atoms with van der Waals surface area (Å²) in [7, 11) is 0. The number of thiazole rings is 1. The van der Waals surface area contributed by atoms with Crippen molar-refractivity contribution in [3.8, 4) is 0 Å². The van der Waals surface area contributed by atoms with E-state index in [4.69, 9.17) is 0 Å². The average molecular weight is 370 g/mol. The Morgan fingerprint density at radius 3 is 2.56 bits per heavy atom. The highest BCUT2D eigenvalue weighted by atomic mass is 32.2. The molecule has 128 valence electrons. The average Bonchev–Trinajstić information content (AvgIpc) is 3.06. The highest BCUT2D eigenvalue weighted by Crippen LogP contribution is 2.24. The molecule has 0 radical (unpaired) electrons. The fourth-order valence-electron chi connectivity index (χ4n) is 2.35. The van der Waals surface area contributed by atoms with Gasteiger partial charge in [0.1, 0.15) is 0 Å². The first-order valence-corrected chi connectivity index (χ1v) is 9.83. The van der Waals surface area contributed by atoms with Crippen LogP contribution in [0, 0.1) is 6.92 Å². The van der Waals surface area contributed by atoms with E-state index in [2.05, 4.69) is 20.7 Å². The molecule has 2 heterocycles. The Labute approximate surface area is 155 Å². The van der Waals surface area contributed by atoms with Crippen molar-refractivity contribution in [3.63, 3.8) is 0 Å². The van der Waals surface area contributed by atoms with Gasteiger partial charge in [-0.1, -0.05) is 0 Å². The van der Waals surface area contributed by atoms with Crippen LogP contribution in [-0.2, 0) is 5.75 Å². The first-order chi connectivity index (χ1) is 12.1. The lowest BCUT2D eigenvalue weighted by Crippen LogP contribution is -2.26. The van der Waals surface area contributed by atoms with Gasteiger partial charge in [0.2, 0.25) is 0 Å². The summed E-state index contributed by atoms with van der Waals surface area (Å²) < 4.78 is 0. The monoisotopic (exact) mass is 369 g/mol. The van der Waals surface area contributed by atoms with Crippen molar-refractivity contribution in [2.45, 2.75) is 30.5 Å². The van der Waals surface area contributed by atoms with Crippen LogP contribution in [0.1, 0.15) is 39.6 Å². The van der Waals surface area contributed by atoms with Crippen molar-refractivity contribution in [2.24, 2.45) is 0 Å². The summed E-state index contributed by atoms with van der Waals surface area (Å²) in [6.07, 6.45) is 3.46. The quantitative estimate of drug-likeness (QED) is 0.644. The van der Waals surface area contributed by atoms with Crippen molar-refractivity contribution in [3.05, 3.63) is 76.0 Å². The van der Waals surface area contributed by atoms with Crippen molar-refractivity contribution in [1.29, 1.82) is 0 Å². The van der Waals surface area contributed by atoms with Gasteiger partial charge in [-0.2, -0.15) is 0 Å². The third-order valence-corrected chi connectivity index (χ3v) is 5.59. The standard InChI is InChI=1S/C19H19N3OS2/c1-13(15-7-9-20-10-8-15)21-19(23)16-3-5-18(6-4-16)25-12-17-11-24-14(2)22-17/h3-11,13H,12H2,1-2H3,(H,21,23). The zero-order valence-corrected chi connectivity index (χ0v) is 15.7. The van der Waals surface area contributed by atoms with Gasteiger partial charge < -0.3 is 5.32 Å². The van der Waals surface area contributed by atoms with Crippen LogP contribution < -0.4 is 5.32 Å². The van der Waals surface area contributed by atoms with Crippen molar-refractivity contribution < 1.29 is 4.79 Å². The van der Waals surface area contributed by atoms with E-state index in [0.717, 1.165) is 26.9 Å². The number of aromatic nitrogens is 2. The summed E-state index contributed by atoms with van der Waals surface area (Å²) >= 11 is 3.39. The van der Waals surface area contributed by atoms with Gasteiger partial charge >= 0.3 is 0 Å². The van der Waals surface area contributed by atoms with E-state index in [1.807, 2.05) is 50.2 Å². The van der Waals surface area contributed by atoms with E-state index in [-0.39, 0.29) is 11.9 Å². The molecule has 1 unspecified atom stereocenters. The summed E-state index contributed by atoms with van der Waals surface area (Å²) in [5.41, 5.74) is 2.80. The van der Waals surface area contributed by atoms with Gasteiger partial charge in [-0.05, 0) is 55.8 Å². The molecule has 2 aromatic heterocycles. The van der Waals surface area contributed by atoms with E-state index < -0.39 is 0 Å². The third kappa shape index (κ3) is 4.90. The topological polar surface area (TPSA) is 54.9 Å². The highest BCUT2D eigenvalue weighted by molar-refractivity contribution is 7.98. The Morgan fingerprint density at radius 1 is 1.20 bits per heavy atom. The first-order valence-electron chi connectivity index (χ1n) is 7.96. The molecule has 0 aliphatic rings. The molecule has 0 bridgehead atoms. The van der Waals surface area contributed by atoms with Crippen LogP contribution in [0.4, 0.5) is 0 Å². The summed E-state index contributed by atoms with van der Waals surface area (Å²) in [4.78, 5) is 22.0. The normalized spacial score (nSPS) is 11.9. The van der Waals surface area contributed by atoms with E-state index in [1.54, 1.807) is 35.5 Å². The van der Waals surface area contributed by atoms with Crippen molar-refractivity contribution in [2.75, 3.05) is 0 Å². The van der Waals surface area contributed by atoms with Crippen molar-refractivity contribution >= 4 is 29.0 Å². The Balaban J connectivity index is 1.57. The summed E-state index contributed by atoms with van der Waals surface area (Å²) in [6, 6.07) is 11.5. The minimum Gasteiger partial charge on any atom is -0.346 e. The molecule has 0 aliphatic heterocycles. The van der Waals surface area contributed by atoms with E-state index in [9.17, 15) is 4.79 Å². The van der Waals surface area contributed by atoms with Crippen LogP contribution in [-0.4, -0.2) is 15.9 Å². The predicted molar refractivity (Wildman–Crippen MR) is 103 cm³/mol. The molecule has 0 aliphatic carbocycles. The molecule has 1 amide bonds. The molecule has 1 aromatic carbocycles. The zero-order valence-electron chi connectivity index (χ0n) is 14.1. The lowest BCUT2D eigenvalue weighted by molar-refractivity contribution is 0.0940. The van der Waals surface area contributed by atoms with Crippen LogP contribution >= 0.6 is 23.1 Å². The maximum atomic E-state index is 12.4. The molecule has 4 nitrogen and oxygen atoms in total. The van der Waals surface area contributed by atoms with Gasteiger partial charge in [-0.25, -0.2) is 4.98 Å². The van der Waals surface area contributed by atoms with Gasteiger partial charge in [-0.3, -0.25) is 9.78 Å². The molecule has 0 spiro atoms. The van der Waals surface area contributed by atoms with E-state index in [1.165, 1.54) is 0 Å². The van der Waals surface area contributed by atoms with Crippen LogP contribution in [0.2, 0.25) is 0 Å². The van der Waals surface area contributed by atoms with Crippen molar-refractivity contribution in [1.82, 2.24) is 15.3 Å². The third-order valence-electron chi connectivity index (χ3n) is 3.72. The lowest BCUT2D eigenvalue weighted by atomic mass is 10.1. The number of hydrogen-bond donors (Lipinski definition) is 1. The van der Waals surface area contributed by atoms with Gasteiger partial charge in [-0.15, -0.1) is 23.1 Å². The van der Waals surface area contributed by atoms with Crippen LogP contribution in [0.25, 0.3) is 0 Å². The number of rotatable bonds is 6. The SMILES string of the molecule is Cc1nc(CSc2ccc(C(=O)NC(C)c3ccncc3)cc2)cs1. The fourth-order valence-corrected chi connectivity index (χ4v) is 3.86. The summed E-state index contributed by atoms with van der Waals surface area (Å²) in [5, 5.41) is 6.19. The van der Waals surface area contributed by atoms with Crippen LogP contribution in [0.5, 0.6) is 0 Å². The van der Waals surface area contributed by atoms with E-state index >= 15 is 0 Å². The van der Waals surface area contributed by atoms with Crippen LogP contribution in [0.15, 0.2) is 59.1 Å². The second-order valence-electron chi connectivity index (χ2n) is 5.65. The Hall–Kier alpha value is -2.18. The number of amides is 1. The minimum atomic E-state index is -0.0732. The van der Waals surface area contributed by atoms with Gasteiger partial charge in [0.25, 0.3) is 5.91 Å². The number of pyridine rings is 1. The Morgan fingerprint density at radius 2 is 1.92 bits per heavy atom. The highest BCUT2D eigenvalue weighted by Gasteiger charge is 2.11. The van der Waals surface area contributed by atoms with Gasteiger partial charge in [0.15, 0.2) is 0 Å². The predicted octanol–water partition coefficient (Wildman–Crippen LogP) is 4.63. The molecule has 0 fully saturated rings. The largest absolute Gasteiger partial charge is 0.346 e. The minimum absolute atomic E-state index is 0.0579. The maximum Gasteiger partial charge on any atom is 0.251 e. The molecular weight excluding hydrogens is 350 g/mol. The second kappa shape index (κ2) is 8.27. The summed E-state index contributed by atoms with van der Waals surface area (Å²) in [5.74, 6) is 0.769. The maximum absolute atomic E-state index is 12.4. The van der Waals surface area contributed by atoms with Gasteiger partial charge in [0, 0.05) is 34.0 Å². The Kier molecular flexibility index (Phi) is 5.83. The molecular formula is C19H19N3OS2. The molecule has 6 heteroatoms. The molecule has 0 saturated heterocycles. The number of thioether (sulfide) groups is 1. The number of carbonyl (C=O) groups is 1. The molecule has 25 heavy (non-hydrogen) atoms. The molecule has 3 aromatic rings. The number of nitrogens with one attached hydrogen (secondary N) is 1. The number of hydrogen-bond acceptors (Lipinski definition) is 5. The molecule has 1 N–H and O–H groups in total. The first kappa shape index (κ1) is 17.6. The molecule has 1 atom stereocenters. The van der Waals surface area contributed by atoms with Crippen LogP contribution in [0.3, 0.4) is 0 Å². The van der Waals surface area contributed by atoms with E-state index in [0.29, 0.717) is 5.56 Å². The number of aryl methyl sites for hydroxylation is 1. The molecule has 0 saturated carbocycles. The number of carbonyl (C=O) groups excluding carboxylic acids is 1. The lowest BCUT2D eigenvalue weighted by Gasteiger charge is -2.14. The second-order valence-corrected chi connectivity index (χ2v) is 7.76.